The van der Waals surface area contributed by atoms with Crippen molar-refractivity contribution in [2.24, 2.45) is 5.92 Å². The van der Waals surface area contributed by atoms with Crippen LogP contribution in [0.15, 0.2) is 66.5 Å². The van der Waals surface area contributed by atoms with Gasteiger partial charge in [-0.3, -0.25) is 4.79 Å². The average molecular weight is 466 g/mol. The Bertz CT molecular complexity index is 1170. The summed E-state index contributed by atoms with van der Waals surface area (Å²) >= 11 is 7.19. The quantitative estimate of drug-likeness (QED) is 0.427. The molecule has 0 saturated carbocycles. The number of hydrogen-bond donors (Lipinski definition) is 1. The normalized spacial score (nSPS) is 15.3. The highest BCUT2D eigenvalue weighted by Gasteiger charge is 2.16. The maximum Gasteiger partial charge on any atom is 0.228 e. The summed E-state index contributed by atoms with van der Waals surface area (Å²) in [5.41, 5.74) is 3.23. The van der Waals surface area contributed by atoms with Crippen molar-refractivity contribution in [3.05, 3.63) is 72.1 Å². The van der Waals surface area contributed by atoms with Gasteiger partial charge in [0.25, 0.3) is 0 Å². The molecule has 6 nitrogen and oxygen atoms in total. The van der Waals surface area contributed by atoms with Gasteiger partial charge in [-0.15, -0.1) is 0 Å². The molecule has 8 heteroatoms. The second-order valence-corrected chi connectivity index (χ2v) is 9.10. The predicted octanol–water partition coefficient (Wildman–Crippen LogP) is 5.75. The summed E-state index contributed by atoms with van der Waals surface area (Å²) in [5.74, 6) is 1.32. The topological polar surface area (TPSA) is 71.0 Å². The van der Waals surface area contributed by atoms with E-state index in [0.717, 1.165) is 45.9 Å². The van der Waals surface area contributed by atoms with Crippen molar-refractivity contribution >= 4 is 44.9 Å². The Morgan fingerprint density at radius 1 is 1.28 bits per heavy atom. The molecule has 1 atom stereocenters. The molecule has 32 heavy (non-hydrogen) atoms. The van der Waals surface area contributed by atoms with Gasteiger partial charge >= 0.3 is 0 Å². The average Bonchev–Trinajstić information content (AvgIpc) is 3.28. The zero-order valence-corrected chi connectivity index (χ0v) is 19.5. The molecule has 1 aliphatic rings. The molecule has 0 amide bonds. The van der Waals surface area contributed by atoms with Gasteiger partial charge in [-0.25, -0.2) is 15.0 Å². The lowest BCUT2D eigenvalue weighted by atomic mass is 9.96. The van der Waals surface area contributed by atoms with Crippen LogP contribution in [-0.4, -0.2) is 33.8 Å². The standard InChI is InChI=1S/C24H24ClN5OS/c1-16-10-12-26-22(14-16)29-21-5-3-4-19(28-21)20-15-27-24(32-20)30(2)13-11-17-6-8-18(9-7-17)23(25)31/h3-8,10,12,14-15,18H,9,11,13H2,1-2H3,(H,26,28,29). The molecular weight excluding hydrogens is 442 g/mol. The Balaban J connectivity index is 1.38. The van der Waals surface area contributed by atoms with Crippen LogP contribution >= 0.6 is 22.9 Å². The lowest BCUT2D eigenvalue weighted by molar-refractivity contribution is -0.113. The van der Waals surface area contributed by atoms with Crippen LogP contribution in [0.4, 0.5) is 16.8 Å². The van der Waals surface area contributed by atoms with Gasteiger partial charge < -0.3 is 10.2 Å². The van der Waals surface area contributed by atoms with E-state index in [-0.39, 0.29) is 11.2 Å². The first-order valence-corrected chi connectivity index (χ1v) is 11.6. The van der Waals surface area contributed by atoms with E-state index in [1.165, 1.54) is 5.57 Å². The highest BCUT2D eigenvalue weighted by Crippen LogP contribution is 2.31. The number of carbonyl (C=O) groups excluding carboxylic acids is 1. The van der Waals surface area contributed by atoms with E-state index in [2.05, 4.69) is 26.3 Å². The lowest BCUT2D eigenvalue weighted by Crippen LogP contribution is -2.19. The minimum absolute atomic E-state index is 0.195. The summed E-state index contributed by atoms with van der Waals surface area (Å²) in [6.07, 6.45) is 11.2. The van der Waals surface area contributed by atoms with E-state index in [9.17, 15) is 4.79 Å². The van der Waals surface area contributed by atoms with Crippen LogP contribution in [0.25, 0.3) is 10.6 Å². The summed E-state index contributed by atoms with van der Waals surface area (Å²) in [4.78, 5) is 28.1. The fourth-order valence-corrected chi connectivity index (χ4v) is 4.38. The van der Waals surface area contributed by atoms with Crippen LogP contribution in [0, 0.1) is 12.8 Å². The minimum Gasteiger partial charge on any atom is -0.351 e. The predicted molar refractivity (Wildman–Crippen MR) is 132 cm³/mol. The summed E-state index contributed by atoms with van der Waals surface area (Å²) in [5, 5.41) is 3.90. The first-order chi connectivity index (χ1) is 15.5. The smallest absolute Gasteiger partial charge is 0.228 e. The lowest BCUT2D eigenvalue weighted by Gasteiger charge is -2.18. The maximum atomic E-state index is 11.3. The van der Waals surface area contributed by atoms with E-state index in [1.807, 2.05) is 62.7 Å². The number of hydrogen-bond acceptors (Lipinski definition) is 7. The molecule has 1 aliphatic carbocycles. The molecule has 0 spiro atoms. The molecule has 0 aliphatic heterocycles. The molecule has 3 heterocycles. The third-order valence-corrected chi connectivity index (χ3v) is 6.61. The second-order valence-electron chi connectivity index (χ2n) is 7.71. The highest BCUT2D eigenvalue weighted by molar-refractivity contribution is 7.18. The summed E-state index contributed by atoms with van der Waals surface area (Å²) in [6.45, 7) is 2.86. The first-order valence-electron chi connectivity index (χ1n) is 10.4. The molecule has 0 aromatic carbocycles. The number of halogens is 1. The zero-order chi connectivity index (χ0) is 22.5. The van der Waals surface area contributed by atoms with Crippen molar-refractivity contribution in [1.29, 1.82) is 0 Å². The van der Waals surface area contributed by atoms with Gasteiger partial charge in [-0.05, 0) is 61.2 Å². The SMILES string of the molecule is Cc1ccnc(Nc2cccc(-c3cnc(N(C)CCC4=CCC(C(=O)Cl)C=C4)s3)n2)c1. The molecule has 1 unspecified atom stereocenters. The number of pyridine rings is 2. The molecule has 4 rings (SSSR count). The molecule has 0 fully saturated rings. The third kappa shape index (κ3) is 5.60. The van der Waals surface area contributed by atoms with E-state index >= 15 is 0 Å². The number of anilines is 3. The van der Waals surface area contributed by atoms with E-state index in [0.29, 0.717) is 6.42 Å². The number of aryl methyl sites for hydroxylation is 1. The Morgan fingerprint density at radius 2 is 2.16 bits per heavy atom. The van der Waals surface area contributed by atoms with Crippen LogP contribution < -0.4 is 10.2 Å². The summed E-state index contributed by atoms with van der Waals surface area (Å²) < 4.78 is 0. The summed E-state index contributed by atoms with van der Waals surface area (Å²) in [7, 11) is 2.04. The van der Waals surface area contributed by atoms with Gasteiger partial charge in [-0.1, -0.05) is 41.2 Å². The zero-order valence-electron chi connectivity index (χ0n) is 18.0. The number of thiazole rings is 1. The van der Waals surface area contributed by atoms with Crippen molar-refractivity contribution in [3.8, 4) is 10.6 Å². The number of rotatable bonds is 8. The Kier molecular flexibility index (Phi) is 6.97. The maximum absolute atomic E-state index is 11.3. The molecule has 1 N–H and O–H groups in total. The van der Waals surface area contributed by atoms with E-state index < -0.39 is 0 Å². The molecule has 164 valence electrons. The molecule has 0 saturated heterocycles. The summed E-state index contributed by atoms with van der Waals surface area (Å²) in [6, 6.07) is 9.83. The molecule has 3 aromatic heterocycles. The first kappa shape index (κ1) is 22.2. The van der Waals surface area contributed by atoms with Gasteiger partial charge in [0.15, 0.2) is 5.13 Å². The third-order valence-electron chi connectivity index (χ3n) is 5.20. The highest BCUT2D eigenvalue weighted by atomic mass is 35.5. The van der Waals surface area contributed by atoms with Crippen LogP contribution in [0.5, 0.6) is 0 Å². The van der Waals surface area contributed by atoms with Crippen LogP contribution in [0.2, 0.25) is 0 Å². The fraction of sp³-hybridized carbons (Fsp3) is 0.250. The van der Waals surface area contributed by atoms with Crippen LogP contribution in [0.3, 0.4) is 0 Å². The number of nitrogens with zero attached hydrogens (tertiary/aromatic N) is 4. The van der Waals surface area contributed by atoms with E-state index in [4.69, 9.17) is 16.6 Å². The fourth-order valence-electron chi connectivity index (χ4n) is 3.35. The van der Waals surface area contributed by atoms with Gasteiger partial charge in [0.1, 0.15) is 11.6 Å². The monoisotopic (exact) mass is 465 g/mol. The number of nitrogens with one attached hydrogen (secondary N) is 1. The van der Waals surface area contributed by atoms with Crippen LogP contribution in [-0.2, 0) is 4.79 Å². The molecule has 0 radical (unpaired) electrons. The van der Waals surface area contributed by atoms with Crippen molar-refractivity contribution in [2.75, 3.05) is 23.8 Å². The van der Waals surface area contributed by atoms with Crippen molar-refractivity contribution in [3.63, 3.8) is 0 Å². The van der Waals surface area contributed by atoms with Crippen molar-refractivity contribution in [2.45, 2.75) is 19.8 Å². The number of carbonyl (C=O) groups is 1. The van der Waals surface area contributed by atoms with E-state index in [1.54, 1.807) is 17.5 Å². The van der Waals surface area contributed by atoms with Gasteiger partial charge in [-0.2, -0.15) is 0 Å². The number of aromatic nitrogens is 3. The molecule has 3 aromatic rings. The molecule has 0 bridgehead atoms. The number of allylic oxidation sites excluding steroid dienone is 3. The Morgan fingerprint density at radius 3 is 2.91 bits per heavy atom. The van der Waals surface area contributed by atoms with Crippen molar-refractivity contribution < 1.29 is 4.79 Å². The Labute approximate surface area is 196 Å². The largest absolute Gasteiger partial charge is 0.351 e. The van der Waals surface area contributed by atoms with Gasteiger partial charge in [0.05, 0.1) is 16.5 Å². The Hall–Kier alpha value is -3.03. The van der Waals surface area contributed by atoms with Gasteiger partial charge in [0, 0.05) is 26.0 Å². The minimum atomic E-state index is -0.299. The van der Waals surface area contributed by atoms with Gasteiger partial charge in [0.2, 0.25) is 5.24 Å². The van der Waals surface area contributed by atoms with Crippen molar-refractivity contribution in [1.82, 2.24) is 15.0 Å². The second kappa shape index (κ2) is 10.1. The molecular formula is C24H24ClN5OS. The van der Waals surface area contributed by atoms with Crippen LogP contribution in [0.1, 0.15) is 18.4 Å².